The molecule has 2 aliphatic rings. The standard InChI is InChI=1S/C13H25NOS/c1-12(2)5-6-16-8-10(12)14-9-7-11(15)13(9,3)4/h9-11,14-15H,5-8H2,1-4H3. The van der Waals surface area contributed by atoms with Gasteiger partial charge in [0.05, 0.1) is 6.10 Å². The van der Waals surface area contributed by atoms with Crippen LogP contribution in [0.25, 0.3) is 0 Å². The maximum absolute atomic E-state index is 9.76. The molecule has 2 N–H and O–H groups in total. The second kappa shape index (κ2) is 4.18. The molecule has 3 unspecified atom stereocenters. The quantitative estimate of drug-likeness (QED) is 0.780. The molecule has 0 aromatic heterocycles. The molecule has 1 aliphatic carbocycles. The monoisotopic (exact) mass is 243 g/mol. The summed E-state index contributed by atoms with van der Waals surface area (Å²) >= 11 is 2.06. The van der Waals surface area contributed by atoms with Crippen molar-refractivity contribution in [2.45, 2.75) is 58.7 Å². The van der Waals surface area contributed by atoms with Crippen molar-refractivity contribution in [1.82, 2.24) is 5.32 Å². The largest absolute Gasteiger partial charge is 0.392 e. The van der Waals surface area contributed by atoms with E-state index in [1.54, 1.807) is 0 Å². The van der Waals surface area contributed by atoms with Gasteiger partial charge in [-0.15, -0.1) is 0 Å². The molecule has 0 amide bonds. The normalized spacial score (nSPS) is 41.4. The number of thioether (sulfide) groups is 1. The minimum Gasteiger partial charge on any atom is -0.392 e. The highest BCUT2D eigenvalue weighted by Crippen LogP contribution is 2.43. The molecule has 3 atom stereocenters. The van der Waals surface area contributed by atoms with Crippen LogP contribution in [0.1, 0.15) is 40.5 Å². The number of rotatable bonds is 2. The van der Waals surface area contributed by atoms with Crippen LogP contribution < -0.4 is 5.32 Å². The van der Waals surface area contributed by atoms with Crippen LogP contribution in [0, 0.1) is 10.8 Å². The second-order valence-corrected chi connectivity index (χ2v) is 7.81. The summed E-state index contributed by atoms with van der Waals surface area (Å²) in [6.07, 6.45) is 2.10. The molecular weight excluding hydrogens is 218 g/mol. The number of nitrogens with one attached hydrogen (secondary N) is 1. The van der Waals surface area contributed by atoms with Gasteiger partial charge in [0.25, 0.3) is 0 Å². The molecule has 2 nitrogen and oxygen atoms in total. The molecule has 0 aromatic carbocycles. The second-order valence-electron chi connectivity index (χ2n) is 6.66. The lowest BCUT2D eigenvalue weighted by molar-refractivity contribution is -0.0794. The first-order valence-electron chi connectivity index (χ1n) is 6.36. The number of aliphatic hydroxyl groups excluding tert-OH is 1. The van der Waals surface area contributed by atoms with Gasteiger partial charge in [-0.2, -0.15) is 11.8 Å². The van der Waals surface area contributed by atoms with E-state index < -0.39 is 0 Å². The van der Waals surface area contributed by atoms with Gasteiger partial charge in [-0.1, -0.05) is 27.7 Å². The zero-order chi connectivity index (χ0) is 12.0. The number of aliphatic hydroxyl groups is 1. The van der Waals surface area contributed by atoms with Gasteiger partial charge < -0.3 is 10.4 Å². The highest BCUT2D eigenvalue weighted by molar-refractivity contribution is 7.99. The van der Waals surface area contributed by atoms with E-state index in [4.69, 9.17) is 0 Å². The summed E-state index contributed by atoms with van der Waals surface area (Å²) in [5, 5.41) is 13.5. The van der Waals surface area contributed by atoms with Crippen molar-refractivity contribution >= 4 is 11.8 Å². The Balaban J connectivity index is 1.95. The average Bonchev–Trinajstić information content (AvgIpc) is 2.20. The van der Waals surface area contributed by atoms with Crippen molar-refractivity contribution in [1.29, 1.82) is 0 Å². The van der Waals surface area contributed by atoms with E-state index in [-0.39, 0.29) is 11.5 Å². The van der Waals surface area contributed by atoms with Crippen LogP contribution in [-0.4, -0.2) is 34.8 Å². The lowest BCUT2D eigenvalue weighted by Gasteiger charge is -2.53. The van der Waals surface area contributed by atoms with Gasteiger partial charge in [0.15, 0.2) is 0 Å². The molecular formula is C13H25NOS. The third kappa shape index (κ3) is 2.14. The molecule has 16 heavy (non-hydrogen) atoms. The van der Waals surface area contributed by atoms with Crippen LogP contribution >= 0.6 is 11.8 Å². The highest BCUT2D eigenvalue weighted by atomic mass is 32.2. The van der Waals surface area contributed by atoms with Gasteiger partial charge in [0.2, 0.25) is 0 Å². The van der Waals surface area contributed by atoms with Crippen molar-refractivity contribution in [3.8, 4) is 0 Å². The Bertz CT molecular complexity index is 265. The number of hydrogen-bond donors (Lipinski definition) is 2. The molecule has 1 saturated carbocycles. The van der Waals surface area contributed by atoms with Gasteiger partial charge in [0.1, 0.15) is 0 Å². The van der Waals surface area contributed by atoms with E-state index in [2.05, 4.69) is 44.8 Å². The molecule has 0 bridgehead atoms. The Morgan fingerprint density at radius 3 is 2.38 bits per heavy atom. The van der Waals surface area contributed by atoms with E-state index in [1.807, 2.05) is 0 Å². The fraction of sp³-hybridized carbons (Fsp3) is 1.00. The summed E-state index contributed by atoms with van der Waals surface area (Å²) in [6.45, 7) is 9.07. The third-order valence-corrected chi connectivity index (χ3v) is 5.80. The fourth-order valence-corrected chi connectivity index (χ4v) is 4.26. The molecule has 1 aliphatic heterocycles. The van der Waals surface area contributed by atoms with Gasteiger partial charge in [-0.3, -0.25) is 0 Å². The summed E-state index contributed by atoms with van der Waals surface area (Å²) in [7, 11) is 0. The lowest BCUT2D eigenvalue weighted by Crippen LogP contribution is -2.64. The summed E-state index contributed by atoms with van der Waals surface area (Å²) < 4.78 is 0. The van der Waals surface area contributed by atoms with Gasteiger partial charge >= 0.3 is 0 Å². The zero-order valence-corrected chi connectivity index (χ0v) is 11.7. The van der Waals surface area contributed by atoms with Crippen LogP contribution in [0.4, 0.5) is 0 Å². The van der Waals surface area contributed by atoms with Crippen LogP contribution in [0.3, 0.4) is 0 Å². The maximum Gasteiger partial charge on any atom is 0.0621 e. The summed E-state index contributed by atoms with van der Waals surface area (Å²) in [5.41, 5.74) is 0.458. The molecule has 0 aromatic rings. The molecule has 94 valence electrons. The molecule has 1 heterocycles. The van der Waals surface area contributed by atoms with Crippen LogP contribution in [0.15, 0.2) is 0 Å². The van der Waals surface area contributed by atoms with Crippen molar-refractivity contribution < 1.29 is 5.11 Å². The summed E-state index contributed by atoms with van der Waals surface area (Å²) in [4.78, 5) is 0. The molecule has 2 fully saturated rings. The third-order valence-electron chi connectivity index (χ3n) is 4.74. The van der Waals surface area contributed by atoms with E-state index in [9.17, 15) is 5.11 Å². The minimum atomic E-state index is -0.121. The van der Waals surface area contributed by atoms with Crippen molar-refractivity contribution in [2.24, 2.45) is 10.8 Å². The van der Waals surface area contributed by atoms with Crippen molar-refractivity contribution in [3.63, 3.8) is 0 Å². The molecule has 0 radical (unpaired) electrons. The van der Waals surface area contributed by atoms with Crippen LogP contribution in [0.5, 0.6) is 0 Å². The van der Waals surface area contributed by atoms with E-state index in [1.165, 1.54) is 17.9 Å². The predicted octanol–water partition coefficient (Wildman–Crippen LogP) is 2.27. The molecule has 1 saturated heterocycles. The SMILES string of the molecule is CC1(C)CCSCC1NC1CC(O)C1(C)C. The van der Waals surface area contributed by atoms with Crippen LogP contribution in [-0.2, 0) is 0 Å². The van der Waals surface area contributed by atoms with E-state index in [0.29, 0.717) is 17.5 Å². The Morgan fingerprint density at radius 2 is 1.88 bits per heavy atom. The first kappa shape index (κ1) is 12.7. The van der Waals surface area contributed by atoms with E-state index >= 15 is 0 Å². The lowest BCUT2D eigenvalue weighted by atomic mass is 9.64. The Kier molecular flexibility index (Phi) is 3.32. The maximum atomic E-state index is 9.76. The van der Waals surface area contributed by atoms with Crippen molar-refractivity contribution in [2.75, 3.05) is 11.5 Å². The number of hydrogen-bond acceptors (Lipinski definition) is 3. The predicted molar refractivity (Wildman–Crippen MR) is 70.8 cm³/mol. The smallest absolute Gasteiger partial charge is 0.0621 e. The minimum absolute atomic E-state index is 0.0538. The first-order chi connectivity index (χ1) is 7.34. The highest BCUT2D eigenvalue weighted by Gasteiger charge is 2.49. The molecule has 3 heteroatoms. The molecule has 2 rings (SSSR count). The van der Waals surface area contributed by atoms with Crippen molar-refractivity contribution in [3.05, 3.63) is 0 Å². The fourth-order valence-electron chi connectivity index (χ4n) is 2.64. The average molecular weight is 243 g/mol. The first-order valence-corrected chi connectivity index (χ1v) is 7.51. The Hall–Kier alpha value is 0.270. The van der Waals surface area contributed by atoms with Crippen LogP contribution in [0.2, 0.25) is 0 Å². The summed E-state index contributed by atoms with van der Waals surface area (Å²) in [6, 6.07) is 1.09. The molecule has 0 spiro atoms. The van der Waals surface area contributed by atoms with Gasteiger partial charge in [-0.05, 0) is 24.0 Å². The van der Waals surface area contributed by atoms with Gasteiger partial charge in [0, 0.05) is 23.3 Å². The Labute approximate surface area is 104 Å². The van der Waals surface area contributed by atoms with E-state index in [0.717, 1.165) is 6.42 Å². The Morgan fingerprint density at radius 1 is 1.19 bits per heavy atom. The zero-order valence-electron chi connectivity index (χ0n) is 10.9. The summed E-state index contributed by atoms with van der Waals surface area (Å²) in [5.74, 6) is 2.51. The topological polar surface area (TPSA) is 32.3 Å². The van der Waals surface area contributed by atoms with Gasteiger partial charge in [-0.25, -0.2) is 0 Å².